The van der Waals surface area contributed by atoms with Gasteiger partial charge in [0.05, 0.1) is 25.3 Å². The van der Waals surface area contributed by atoms with Crippen molar-refractivity contribution in [1.29, 1.82) is 5.26 Å². The van der Waals surface area contributed by atoms with Crippen LogP contribution in [0.3, 0.4) is 0 Å². The van der Waals surface area contributed by atoms with Crippen LogP contribution in [0, 0.1) is 11.3 Å². The SMILES string of the molecule is C=CCN1CCN([C@@H](c2ccc(-c3nnn(CCOCC#N)n3)cc2)c2cccc(O)c2)CC1. The molecule has 2 heterocycles. The Labute approximate surface area is 199 Å². The van der Waals surface area contributed by atoms with Crippen LogP contribution >= 0.6 is 0 Å². The number of phenolic OH excluding ortho intramolecular Hbond substituents is 1. The van der Waals surface area contributed by atoms with Crippen LogP contribution in [0.15, 0.2) is 61.2 Å². The lowest BCUT2D eigenvalue weighted by Gasteiger charge is -2.39. The van der Waals surface area contributed by atoms with Crippen molar-refractivity contribution >= 4 is 0 Å². The summed E-state index contributed by atoms with van der Waals surface area (Å²) in [5.74, 6) is 0.808. The van der Waals surface area contributed by atoms with Crippen molar-refractivity contribution in [3.8, 4) is 23.2 Å². The molecule has 0 bridgehead atoms. The van der Waals surface area contributed by atoms with Gasteiger partial charge in [0.15, 0.2) is 0 Å². The molecule has 1 fully saturated rings. The summed E-state index contributed by atoms with van der Waals surface area (Å²) in [4.78, 5) is 6.32. The molecule has 1 aliphatic heterocycles. The van der Waals surface area contributed by atoms with E-state index in [0.717, 1.165) is 49.4 Å². The molecule has 0 spiro atoms. The molecule has 9 heteroatoms. The summed E-state index contributed by atoms with van der Waals surface area (Å²) < 4.78 is 5.15. The van der Waals surface area contributed by atoms with E-state index in [-0.39, 0.29) is 18.4 Å². The van der Waals surface area contributed by atoms with E-state index in [1.807, 2.05) is 36.4 Å². The normalized spacial score (nSPS) is 15.6. The molecular weight excluding hydrogens is 430 g/mol. The molecule has 0 aliphatic carbocycles. The van der Waals surface area contributed by atoms with Gasteiger partial charge in [-0.1, -0.05) is 42.5 Å². The minimum atomic E-state index is 0.0351. The number of tetrazole rings is 1. The van der Waals surface area contributed by atoms with Gasteiger partial charge in [-0.05, 0) is 28.5 Å². The van der Waals surface area contributed by atoms with Gasteiger partial charge in [0.2, 0.25) is 5.82 Å². The zero-order valence-corrected chi connectivity index (χ0v) is 19.1. The summed E-state index contributed by atoms with van der Waals surface area (Å²) in [6.07, 6.45) is 1.95. The lowest BCUT2D eigenvalue weighted by Crippen LogP contribution is -2.47. The standard InChI is InChI=1S/C25H29N7O2/c1-2-11-30-12-14-31(15-13-30)24(22-4-3-5-23(33)19-22)20-6-8-21(9-7-20)25-27-29-32(28-25)16-18-34-17-10-26/h2-9,19,24,33H,1,11-18H2/t24-/m0/s1. The van der Waals surface area contributed by atoms with E-state index in [9.17, 15) is 5.11 Å². The number of hydrogen-bond acceptors (Lipinski definition) is 8. The van der Waals surface area contributed by atoms with Crippen LogP contribution in [-0.4, -0.2) is 81.1 Å². The van der Waals surface area contributed by atoms with Crippen molar-refractivity contribution in [1.82, 2.24) is 30.0 Å². The Kier molecular flexibility index (Phi) is 7.99. The van der Waals surface area contributed by atoms with Crippen LogP contribution < -0.4 is 0 Å². The molecule has 0 unspecified atom stereocenters. The molecule has 176 valence electrons. The van der Waals surface area contributed by atoms with Crippen molar-refractivity contribution in [2.75, 3.05) is 45.9 Å². The first-order valence-corrected chi connectivity index (χ1v) is 11.4. The van der Waals surface area contributed by atoms with Crippen molar-refractivity contribution in [2.45, 2.75) is 12.6 Å². The van der Waals surface area contributed by atoms with Gasteiger partial charge in [-0.3, -0.25) is 9.80 Å². The Balaban J connectivity index is 1.52. The molecule has 4 rings (SSSR count). The number of hydrogen-bond donors (Lipinski definition) is 1. The average Bonchev–Trinajstić information content (AvgIpc) is 3.33. The summed E-state index contributed by atoms with van der Waals surface area (Å²) in [7, 11) is 0. The monoisotopic (exact) mass is 459 g/mol. The third-order valence-corrected chi connectivity index (χ3v) is 5.88. The Hall–Kier alpha value is -3.58. The van der Waals surface area contributed by atoms with Crippen molar-refractivity contribution in [2.24, 2.45) is 0 Å². The molecule has 0 radical (unpaired) electrons. The molecule has 1 aromatic heterocycles. The van der Waals surface area contributed by atoms with E-state index in [1.165, 1.54) is 4.80 Å². The fourth-order valence-electron chi connectivity index (χ4n) is 4.23. The first kappa shape index (κ1) is 23.6. The number of aromatic nitrogens is 4. The fraction of sp³-hybridized carbons (Fsp3) is 0.360. The summed E-state index contributed by atoms with van der Waals surface area (Å²) in [6, 6.07) is 17.7. The van der Waals surface area contributed by atoms with Gasteiger partial charge in [-0.15, -0.1) is 16.8 Å². The first-order chi connectivity index (χ1) is 16.7. The number of phenols is 1. The van der Waals surface area contributed by atoms with Crippen LogP contribution in [-0.2, 0) is 11.3 Å². The second kappa shape index (κ2) is 11.5. The van der Waals surface area contributed by atoms with E-state index in [0.29, 0.717) is 19.0 Å². The minimum absolute atomic E-state index is 0.0351. The first-order valence-electron chi connectivity index (χ1n) is 11.4. The predicted octanol–water partition coefficient (Wildman–Crippen LogP) is 2.48. The number of nitriles is 1. The van der Waals surface area contributed by atoms with Gasteiger partial charge in [-0.2, -0.15) is 10.1 Å². The highest BCUT2D eigenvalue weighted by atomic mass is 16.5. The minimum Gasteiger partial charge on any atom is -0.508 e. The zero-order valence-electron chi connectivity index (χ0n) is 19.1. The molecule has 34 heavy (non-hydrogen) atoms. The van der Waals surface area contributed by atoms with E-state index < -0.39 is 0 Å². The van der Waals surface area contributed by atoms with Crippen LogP contribution in [0.1, 0.15) is 17.2 Å². The predicted molar refractivity (Wildman–Crippen MR) is 128 cm³/mol. The summed E-state index contributed by atoms with van der Waals surface area (Å²) in [5.41, 5.74) is 3.08. The summed E-state index contributed by atoms with van der Waals surface area (Å²) in [5, 5.41) is 31.3. The zero-order chi connectivity index (χ0) is 23.8. The summed E-state index contributed by atoms with van der Waals surface area (Å²) in [6.45, 7) is 9.41. The average molecular weight is 460 g/mol. The van der Waals surface area contributed by atoms with E-state index in [2.05, 4.69) is 50.0 Å². The highest BCUT2D eigenvalue weighted by Crippen LogP contribution is 2.32. The van der Waals surface area contributed by atoms with Gasteiger partial charge in [0.25, 0.3) is 0 Å². The third kappa shape index (κ3) is 5.85. The van der Waals surface area contributed by atoms with E-state index >= 15 is 0 Å². The lowest BCUT2D eigenvalue weighted by atomic mass is 9.95. The molecule has 1 N–H and O–H groups in total. The molecule has 9 nitrogen and oxygen atoms in total. The number of piperazine rings is 1. The van der Waals surface area contributed by atoms with Crippen LogP contribution in [0.4, 0.5) is 0 Å². The Morgan fingerprint density at radius 3 is 2.62 bits per heavy atom. The van der Waals surface area contributed by atoms with Crippen LogP contribution in [0.2, 0.25) is 0 Å². The number of ether oxygens (including phenoxy) is 1. The molecule has 3 aromatic rings. The van der Waals surface area contributed by atoms with E-state index in [4.69, 9.17) is 10.00 Å². The highest BCUT2D eigenvalue weighted by Gasteiger charge is 2.26. The number of aromatic hydroxyl groups is 1. The smallest absolute Gasteiger partial charge is 0.204 e. The molecule has 2 aromatic carbocycles. The molecule has 1 aliphatic rings. The number of nitrogens with zero attached hydrogens (tertiary/aromatic N) is 7. The van der Waals surface area contributed by atoms with Crippen LogP contribution in [0.25, 0.3) is 11.4 Å². The van der Waals surface area contributed by atoms with Gasteiger partial charge in [-0.25, -0.2) is 0 Å². The van der Waals surface area contributed by atoms with Crippen molar-refractivity contribution < 1.29 is 9.84 Å². The van der Waals surface area contributed by atoms with Gasteiger partial charge >= 0.3 is 0 Å². The summed E-state index contributed by atoms with van der Waals surface area (Å²) >= 11 is 0. The quantitative estimate of drug-likeness (QED) is 0.364. The Morgan fingerprint density at radius 1 is 1.12 bits per heavy atom. The molecule has 1 atom stereocenters. The lowest BCUT2D eigenvalue weighted by molar-refractivity contribution is 0.117. The maximum absolute atomic E-state index is 10.1. The van der Waals surface area contributed by atoms with Gasteiger partial charge < -0.3 is 9.84 Å². The number of benzene rings is 2. The second-order valence-electron chi connectivity index (χ2n) is 8.16. The maximum Gasteiger partial charge on any atom is 0.204 e. The van der Waals surface area contributed by atoms with Crippen molar-refractivity contribution in [3.05, 3.63) is 72.3 Å². The third-order valence-electron chi connectivity index (χ3n) is 5.88. The second-order valence-corrected chi connectivity index (χ2v) is 8.16. The van der Waals surface area contributed by atoms with Gasteiger partial charge in [0, 0.05) is 38.3 Å². The van der Waals surface area contributed by atoms with Gasteiger partial charge in [0.1, 0.15) is 12.4 Å². The fourth-order valence-corrected chi connectivity index (χ4v) is 4.23. The molecule has 0 saturated carbocycles. The largest absolute Gasteiger partial charge is 0.508 e. The van der Waals surface area contributed by atoms with E-state index in [1.54, 1.807) is 6.07 Å². The number of rotatable bonds is 10. The van der Waals surface area contributed by atoms with Crippen molar-refractivity contribution in [3.63, 3.8) is 0 Å². The Bertz CT molecular complexity index is 1110. The molecule has 1 saturated heterocycles. The topological polar surface area (TPSA) is 103 Å². The highest BCUT2D eigenvalue weighted by molar-refractivity contribution is 5.55. The Morgan fingerprint density at radius 2 is 1.91 bits per heavy atom. The molecular formula is C25H29N7O2. The molecule has 0 amide bonds. The van der Waals surface area contributed by atoms with Crippen LogP contribution in [0.5, 0.6) is 5.75 Å². The maximum atomic E-state index is 10.1.